The first-order chi connectivity index (χ1) is 11.0. The minimum atomic E-state index is -0.323. The first kappa shape index (κ1) is 17.7. The number of rotatable bonds is 6. The lowest BCUT2D eigenvalue weighted by Crippen LogP contribution is -2.20. The maximum atomic E-state index is 11.9. The van der Waals surface area contributed by atoms with Gasteiger partial charge in [-0.1, -0.05) is 34.8 Å². The summed E-state index contributed by atoms with van der Waals surface area (Å²) in [7, 11) is 0. The van der Waals surface area contributed by atoms with Gasteiger partial charge in [0.25, 0.3) is 5.91 Å². The molecule has 0 unspecified atom stereocenters. The number of benzene rings is 2. The first-order valence-corrected chi connectivity index (χ1v) is 7.93. The second-order valence-corrected chi connectivity index (χ2v) is 5.71. The molecule has 2 aromatic rings. The van der Waals surface area contributed by atoms with E-state index < -0.39 is 0 Å². The van der Waals surface area contributed by atoms with E-state index in [-0.39, 0.29) is 17.5 Å². The molecule has 0 aliphatic rings. The van der Waals surface area contributed by atoms with Crippen LogP contribution >= 0.6 is 34.8 Å². The van der Waals surface area contributed by atoms with Crippen LogP contribution in [0.25, 0.3) is 0 Å². The molecule has 0 saturated heterocycles. The predicted octanol–water partition coefficient (Wildman–Crippen LogP) is 5.06. The second-order valence-electron chi connectivity index (χ2n) is 4.49. The molecular formula is C16H14Cl3NO3. The summed E-state index contributed by atoms with van der Waals surface area (Å²) in [5.74, 6) is 0.712. The molecule has 7 heteroatoms. The topological polar surface area (TPSA) is 47.6 Å². The molecule has 2 aromatic carbocycles. The average molecular weight is 375 g/mol. The molecule has 0 heterocycles. The number of amides is 1. The SMILES string of the molecule is CCOc1ccc(NC(=O)COc2cc(Cl)c(Cl)cc2Cl)cc1. The van der Waals surface area contributed by atoms with E-state index in [4.69, 9.17) is 44.3 Å². The van der Waals surface area contributed by atoms with Crippen molar-refractivity contribution < 1.29 is 14.3 Å². The predicted molar refractivity (Wildman–Crippen MR) is 93.2 cm³/mol. The van der Waals surface area contributed by atoms with Crippen molar-refractivity contribution in [1.29, 1.82) is 0 Å². The van der Waals surface area contributed by atoms with Crippen LogP contribution in [0.1, 0.15) is 6.92 Å². The number of carbonyl (C=O) groups excluding carboxylic acids is 1. The monoisotopic (exact) mass is 373 g/mol. The fourth-order valence-corrected chi connectivity index (χ4v) is 2.35. The molecule has 0 aliphatic carbocycles. The third-order valence-electron chi connectivity index (χ3n) is 2.78. The summed E-state index contributed by atoms with van der Waals surface area (Å²) in [4.78, 5) is 11.9. The summed E-state index contributed by atoms with van der Waals surface area (Å²) < 4.78 is 10.7. The van der Waals surface area contributed by atoms with Gasteiger partial charge in [0, 0.05) is 11.8 Å². The lowest BCUT2D eigenvalue weighted by molar-refractivity contribution is -0.118. The van der Waals surface area contributed by atoms with Gasteiger partial charge in [0.05, 0.1) is 21.7 Å². The largest absolute Gasteiger partial charge is 0.494 e. The minimum absolute atomic E-state index is 0.203. The summed E-state index contributed by atoms with van der Waals surface area (Å²) in [6, 6.07) is 9.97. The van der Waals surface area contributed by atoms with Crippen LogP contribution < -0.4 is 14.8 Å². The Morgan fingerprint density at radius 1 is 1.00 bits per heavy atom. The molecule has 122 valence electrons. The number of hydrogen-bond acceptors (Lipinski definition) is 3. The molecule has 23 heavy (non-hydrogen) atoms. The second kappa shape index (κ2) is 8.29. The van der Waals surface area contributed by atoms with Crippen LogP contribution in [-0.4, -0.2) is 19.1 Å². The standard InChI is InChI=1S/C16H14Cl3NO3/c1-2-22-11-5-3-10(4-6-11)20-16(21)9-23-15-8-13(18)12(17)7-14(15)19/h3-8H,2,9H2,1H3,(H,20,21). The molecule has 2 rings (SSSR count). The normalized spacial score (nSPS) is 10.3. The van der Waals surface area contributed by atoms with Crippen LogP contribution in [0.4, 0.5) is 5.69 Å². The maximum Gasteiger partial charge on any atom is 0.262 e. The number of nitrogens with one attached hydrogen (secondary N) is 1. The van der Waals surface area contributed by atoms with E-state index in [9.17, 15) is 4.79 Å². The molecule has 0 atom stereocenters. The van der Waals surface area contributed by atoms with E-state index >= 15 is 0 Å². The summed E-state index contributed by atoms with van der Waals surface area (Å²) >= 11 is 17.7. The lowest BCUT2D eigenvalue weighted by atomic mass is 10.3. The van der Waals surface area contributed by atoms with Gasteiger partial charge in [-0.05, 0) is 37.3 Å². The van der Waals surface area contributed by atoms with Crippen LogP contribution in [0.3, 0.4) is 0 Å². The zero-order valence-corrected chi connectivity index (χ0v) is 14.5. The van der Waals surface area contributed by atoms with Crippen molar-refractivity contribution in [3.05, 3.63) is 51.5 Å². The Kier molecular flexibility index (Phi) is 6.39. The van der Waals surface area contributed by atoms with Gasteiger partial charge in [0.15, 0.2) is 6.61 Å². The zero-order chi connectivity index (χ0) is 16.8. The molecule has 0 radical (unpaired) electrons. The summed E-state index contributed by atoms with van der Waals surface area (Å²) in [6.07, 6.45) is 0. The number of hydrogen-bond donors (Lipinski definition) is 1. The lowest BCUT2D eigenvalue weighted by Gasteiger charge is -2.10. The van der Waals surface area contributed by atoms with E-state index in [0.717, 1.165) is 5.75 Å². The van der Waals surface area contributed by atoms with Gasteiger partial charge in [0.1, 0.15) is 11.5 Å². The molecule has 0 aliphatic heterocycles. The maximum absolute atomic E-state index is 11.9. The Hall–Kier alpha value is -1.62. The quantitative estimate of drug-likeness (QED) is 0.719. The molecule has 0 saturated carbocycles. The Bertz CT molecular complexity index is 690. The van der Waals surface area contributed by atoms with Crippen molar-refractivity contribution in [1.82, 2.24) is 0 Å². The van der Waals surface area contributed by atoms with Gasteiger partial charge in [-0.2, -0.15) is 0 Å². The molecule has 0 bridgehead atoms. The Balaban J connectivity index is 1.91. The molecule has 0 spiro atoms. The zero-order valence-electron chi connectivity index (χ0n) is 12.2. The summed E-state index contributed by atoms with van der Waals surface area (Å²) in [5, 5.41) is 3.62. The number of halogens is 3. The Labute approximate surface area is 149 Å². The van der Waals surface area contributed by atoms with Crippen molar-refractivity contribution in [2.24, 2.45) is 0 Å². The van der Waals surface area contributed by atoms with Crippen molar-refractivity contribution in [3.63, 3.8) is 0 Å². The van der Waals surface area contributed by atoms with Crippen molar-refractivity contribution in [2.75, 3.05) is 18.5 Å². The van der Waals surface area contributed by atoms with Crippen molar-refractivity contribution in [3.8, 4) is 11.5 Å². The van der Waals surface area contributed by atoms with Crippen LogP contribution in [0.15, 0.2) is 36.4 Å². The first-order valence-electron chi connectivity index (χ1n) is 6.79. The molecular weight excluding hydrogens is 361 g/mol. The van der Waals surface area contributed by atoms with Crippen molar-refractivity contribution >= 4 is 46.4 Å². The van der Waals surface area contributed by atoms with Gasteiger partial charge >= 0.3 is 0 Å². The van der Waals surface area contributed by atoms with E-state index in [1.807, 2.05) is 6.92 Å². The number of ether oxygens (including phenoxy) is 2. The molecule has 4 nitrogen and oxygen atoms in total. The van der Waals surface area contributed by atoms with Gasteiger partial charge in [-0.15, -0.1) is 0 Å². The fourth-order valence-electron chi connectivity index (χ4n) is 1.76. The highest BCUT2D eigenvalue weighted by molar-refractivity contribution is 6.43. The highest BCUT2D eigenvalue weighted by Gasteiger charge is 2.10. The average Bonchev–Trinajstić information content (AvgIpc) is 2.52. The number of anilines is 1. The Morgan fingerprint density at radius 2 is 1.65 bits per heavy atom. The van der Waals surface area contributed by atoms with Crippen LogP contribution in [0, 0.1) is 0 Å². The van der Waals surface area contributed by atoms with E-state index in [0.29, 0.717) is 28.1 Å². The van der Waals surface area contributed by atoms with Gasteiger partial charge in [0.2, 0.25) is 0 Å². The highest BCUT2D eigenvalue weighted by atomic mass is 35.5. The van der Waals surface area contributed by atoms with Gasteiger partial charge in [-0.25, -0.2) is 0 Å². The fraction of sp³-hybridized carbons (Fsp3) is 0.188. The smallest absolute Gasteiger partial charge is 0.262 e. The van der Waals surface area contributed by atoms with Crippen LogP contribution in [0.5, 0.6) is 11.5 Å². The van der Waals surface area contributed by atoms with Crippen LogP contribution in [0.2, 0.25) is 15.1 Å². The molecule has 1 amide bonds. The van der Waals surface area contributed by atoms with Crippen LogP contribution in [-0.2, 0) is 4.79 Å². The molecule has 1 N–H and O–H groups in total. The highest BCUT2D eigenvalue weighted by Crippen LogP contribution is 2.33. The third kappa shape index (κ3) is 5.20. The van der Waals surface area contributed by atoms with E-state index in [1.165, 1.54) is 12.1 Å². The Morgan fingerprint density at radius 3 is 2.30 bits per heavy atom. The molecule has 0 aromatic heterocycles. The molecule has 0 fully saturated rings. The van der Waals surface area contributed by atoms with E-state index in [2.05, 4.69) is 5.32 Å². The third-order valence-corrected chi connectivity index (χ3v) is 3.80. The summed E-state index contributed by atoms with van der Waals surface area (Å²) in [5.41, 5.74) is 0.641. The van der Waals surface area contributed by atoms with E-state index in [1.54, 1.807) is 24.3 Å². The summed E-state index contributed by atoms with van der Waals surface area (Å²) in [6.45, 7) is 2.29. The van der Waals surface area contributed by atoms with Crippen molar-refractivity contribution in [2.45, 2.75) is 6.92 Å². The minimum Gasteiger partial charge on any atom is -0.494 e. The number of carbonyl (C=O) groups is 1. The van der Waals surface area contributed by atoms with Gasteiger partial charge < -0.3 is 14.8 Å². The van der Waals surface area contributed by atoms with Gasteiger partial charge in [-0.3, -0.25) is 4.79 Å².